The number of aromatic hydroxyl groups is 2. The Kier molecular flexibility index (Phi) is 7.55. The highest BCUT2D eigenvalue weighted by atomic mass is 16.5. The lowest BCUT2D eigenvalue weighted by Crippen LogP contribution is -2.25. The minimum absolute atomic E-state index is 0.186. The average molecular weight is 433 g/mol. The molecular formula is C27H28O5. The molecule has 0 aliphatic rings. The fourth-order valence-electron chi connectivity index (χ4n) is 3.66. The van der Waals surface area contributed by atoms with Crippen LogP contribution in [0.1, 0.15) is 49.8 Å². The van der Waals surface area contributed by atoms with E-state index in [0.29, 0.717) is 12.2 Å². The molecule has 0 amide bonds. The van der Waals surface area contributed by atoms with Crippen molar-refractivity contribution in [1.82, 2.24) is 0 Å². The molecule has 3 aromatic rings. The average Bonchev–Trinajstić information content (AvgIpc) is 2.79. The molecule has 0 radical (unpaired) electrons. The number of rotatable bonds is 9. The molecular weight excluding hydrogens is 404 g/mol. The first-order valence-corrected chi connectivity index (χ1v) is 10.7. The number of phenols is 2. The van der Waals surface area contributed by atoms with E-state index in [1.54, 1.807) is 37.3 Å². The van der Waals surface area contributed by atoms with E-state index in [2.05, 4.69) is 6.92 Å². The normalized spacial score (nSPS) is 11.6. The van der Waals surface area contributed by atoms with Gasteiger partial charge in [-0.2, -0.15) is 0 Å². The van der Waals surface area contributed by atoms with Gasteiger partial charge in [-0.05, 0) is 77.1 Å². The van der Waals surface area contributed by atoms with Crippen LogP contribution in [0.25, 0.3) is 11.1 Å². The van der Waals surface area contributed by atoms with E-state index in [-0.39, 0.29) is 11.5 Å². The Morgan fingerprint density at radius 2 is 1.41 bits per heavy atom. The maximum atomic E-state index is 11.4. The van der Waals surface area contributed by atoms with E-state index in [9.17, 15) is 20.1 Å². The number of phenolic OH excluding ortho intramolecular Hbond substituents is 2. The smallest absolute Gasteiger partial charge is 0.344 e. The van der Waals surface area contributed by atoms with Crippen molar-refractivity contribution in [3.63, 3.8) is 0 Å². The summed E-state index contributed by atoms with van der Waals surface area (Å²) in [4.78, 5) is 11.4. The number of carbonyl (C=O) groups is 1. The summed E-state index contributed by atoms with van der Waals surface area (Å²) in [7, 11) is 0. The van der Waals surface area contributed by atoms with Crippen LogP contribution < -0.4 is 4.74 Å². The monoisotopic (exact) mass is 432 g/mol. The van der Waals surface area contributed by atoms with Crippen molar-refractivity contribution in [1.29, 1.82) is 0 Å². The topological polar surface area (TPSA) is 87.0 Å². The second-order valence-corrected chi connectivity index (χ2v) is 7.58. The van der Waals surface area contributed by atoms with Crippen LogP contribution in [0.3, 0.4) is 0 Å². The fourth-order valence-corrected chi connectivity index (χ4v) is 3.66. The van der Waals surface area contributed by atoms with Crippen molar-refractivity contribution in [2.45, 2.75) is 39.2 Å². The number of allylic oxidation sites excluding steroid dienone is 1. The molecule has 0 heterocycles. The Bertz CT molecular complexity index is 1030. The highest BCUT2D eigenvalue weighted by molar-refractivity contribution is 5.98. The van der Waals surface area contributed by atoms with Crippen LogP contribution in [-0.2, 0) is 4.79 Å². The van der Waals surface area contributed by atoms with Crippen LogP contribution in [0.2, 0.25) is 0 Å². The predicted octanol–water partition coefficient (Wildman–Crippen LogP) is 6.10. The van der Waals surface area contributed by atoms with Gasteiger partial charge in [-0.15, -0.1) is 0 Å². The zero-order valence-electron chi connectivity index (χ0n) is 18.3. The first-order chi connectivity index (χ1) is 15.4. The van der Waals surface area contributed by atoms with Crippen LogP contribution in [0, 0.1) is 0 Å². The lowest BCUT2D eigenvalue weighted by atomic mass is 9.87. The van der Waals surface area contributed by atoms with Gasteiger partial charge in [-0.1, -0.05) is 56.7 Å². The Morgan fingerprint density at radius 3 is 1.88 bits per heavy atom. The number of aliphatic carboxylic acids is 1. The van der Waals surface area contributed by atoms with Crippen molar-refractivity contribution in [2.75, 3.05) is 0 Å². The number of carboxylic acid groups (broad SMARTS) is 1. The van der Waals surface area contributed by atoms with Crippen molar-refractivity contribution < 1.29 is 24.9 Å². The molecule has 0 saturated heterocycles. The zero-order chi connectivity index (χ0) is 23.1. The minimum Gasteiger partial charge on any atom is -0.508 e. The summed E-state index contributed by atoms with van der Waals surface area (Å²) in [5, 5.41) is 28.9. The molecule has 0 spiro atoms. The lowest BCUT2D eigenvalue weighted by Gasteiger charge is -2.19. The molecule has 0 fully saturated rings. The molecule has 0 aliphatic heterocycles. The van der Waals surface area contributed by atoms with Crippen molar-refractivity contribution in [3.05, 3.63) is 89.5 Å². The van der Waals surface area contributed by atoms with Gasteiger partial charge in [0, 0.05) is 0 Å². The van der Waals surface area contributed by atoms with Gasteiger partial charge in [0.15, 0.2) is 6.10 Å². The number of hydrogen-bond acceptors (Lipinski definition) is 4. The van der Waals surface area contributed by atoms with Crippen LogP contribution in [0.5, 0.6) is 17.2 Å². The number of benzene rings is 3. The molecule has 0 bridgehead atoms. The molecule has 1 unspecified atom stereocenters. The first-order valence-electron chi connectivity index (χ1n) is 10.7. The van der Waals surface area contributed by atoms with Crippen molar-refractivity contribution >= 4 is 17.1 Å². The van der Waals surface area contributed by atoms with Crippen LogP contribution in [-0.4, -0.2) is 27.4 Å². The molecule has 3 N–H and O–H groups in total. The summed E-state index contributed by atoms with van der Waals surface area (Å²) in [6.07, 6.45) is 1.13. The number of hydrogen-bond donors (Lipinski definition) is 3. The number of ether oxygens (including phenoxy) is 1. The van der Waals surface area contributed by atoms with Gasteiger partial charge in [-0.25, -0.2) is 4.79 Å². The minimum atomic E-state index is -0.990. The largest absolute Gasteiger partial charge is 0.508 e. The SMILES string of the molecule is CCCC(=C(c1ccc(O)cc1)c1ccc(O)cc1)c1cccc(OC(CC)C(=O)O)c1. The Balaban J connectivity index is 2.18. The molecule has 0 saturated carbocycles. The van der Waals surface area contributed by atoms with Gasteiger partial charge in [0.05, 0.1) is 0 Å². The third kappa shape index (κ3) is 5.49. The third-order valence-corrected chi connectivity index (χ3v) is 5.22. The van der Waals surface area contributed by atoms with Gasteiger partial charge in [0.2, 0.25) is 0 Å². The summed E-state index contributed by atoms with van der Waals surface area (Å²) in [6.45, 7) is 3.88. The Labute approximate surface area is 188 Å². The molecule has 3 aromatic carbocycles. The van der Waals surface area contributed by atoms with Gasteiger partial charge in [0.25, 0.3) is 0 Å². The van der Waals surface area contributed by atoms with Crippen LogP contribution in [0.15, 0.2) is 72.8 Å². The van der Waals surface area contributed by atoms with Gasteiger partial charge in [0.1, 0.15) is 17.2 Å². The fraction of sp³-hybridized carbons (Fsp3) is 0.222. The van der Waals surface area contributed by atoms with Gasteiger partial charge >= 0.3 is 5.97 Å². The highest BCUT2D eigenvalue weighted by Gasteiger charge is 2.18. The summed E-state index contributed by atoms with van der Waals surface area (Å²) in [5.74, 6) is -0.117. The van der Waals surface area contributed by atoms with E-state index in [1.807, 2.05) is 42.5 Å². The van der Waals surface area contributed by atoms with Crippen molar-refractivity contribution in [3.8, 4) is 17.2 Å². The van der Waals surface area contributed by atoms with E-state index < -0.39 is 12.1 Å². The molecule has 1 atom stereocenters. The summed E-state index contributed by atoms with van der Waals surface area (Å²) in [6, 6.07) is 21.5. The molecule has 0 aliphatic carbocycles. The van der Waals surface area contributed by atoms with E-state index in [1.165, 1.54) is 0 Å². The molecule has 0 aromatic heterocycles. The van der Waals surface area contributed by atoms with Gasteiger partial charge < -0.3 is 20.1 Å². The van der Waals surface area contributed by atoms with Crippen molar-refractivity contribution in [2.24, 2.45) is 0 Å². The molecule has 5 heteroatoms. The molecule has 3 rings (SSSR count). The molecule has 166 valence electrons. The Morgan fingerprint density at radius 1 is 0.844 bits per heavy atom. The first kappa shape index (κ1) is 22.9. The maximum Gasteiger partial charge on any atom is 0.344 e. The zero-order valence-corrected chi connectivity index (χ0v) is 18.3. The summed E-state index contributed by atoms with van der Waals surface area (Å²) < 4.78 is 5.73. The van der Waals surface area contributed by atoms with E-state index >= 15 is 0 Å². The number of carboxylic acids is 1. The van der Waals surface area contributed by atoms with E-state index in [4.69, 9.17) is 4.74 Å². The third-order valence-electron chi connectivity index (χ3n) is 5.22. The predicted molar refractivity (Wildman–Crippen MR) is 126 cm³/mol. The Hall–Kier alpha value is -3.73. The van der Waals surface area contributed by atoms with Crippen LogP contribution >= 0.6 is 0 Å². The quantitative estimate of drug-likeness (QED) is 0.356. The highest BCUT2D eigenvalue weighted by Crippen LogP contribution is 2.37. The summed E-state index contributed by atoms with van der Waals surface area (Å²) in [5.41, 5.74) is 4.84. The molecule has 32 heavy (non-hydrogen) atoms. The van der Waals surface area contributed by atoms with E-state index in [0.717, 1.165) is 40.7 Å². The maximum absolute atomic E-state index is 11.4. The van der Waals surface area contributed by atoms with Gasteiger partial charge in [-0.3, -0.25) is 0 Å². The molecule has 5 nitrogen and oxygen atoms in total. The van der Waals surface area contributed by atoms with Crippen LogP contribution in [0.4, 0.5) is 0 Å². The summed E-state index contributed by atoms with van der Waals surface area (Å²) >= 11 is 0. The standard InChI is InChI=1S/C27H28O5/c1-3-6-24(20-7-5-8-23(17-20)32-25(4-2)27(30)31)26(18-9-13-21(28)14-10-18)19-11-15-22(29)16-12-19/h5,7-17,25,28-29H,3-4,6H2,1-2H3,(H,30,31). The second kappa shape index (κ2) is 10.5. The lowest BCUT2D eigenvalue weighted by molar-refractivity contribution is -0.145. The second-order valence-electron chi connectivity index (χ2n) is 7.58.